The maximum Gasteiger partial charge on any atom is 0.506 e. The van der Waals surface area contributed by atoms with Crippen molar-refractivity contribution in [2.75, 3.05) is 0 Å². The van der Waals surface area contributed by atoms with Crippen LogP contribution in [-0.4, -0.2) is 28.4 Å². The van der Waals surface area contributed by atoms with Crippen molar-refractivity contribution in [1.29, 1.82) is 0 Å². The van der Waals surface area contributed by atoms with Gasteiger partial charge < -0.3 is 14.9 Å². The number of carboxylic acid groups (broad SMARTS) is 2. The molecule has 0 fully saturated rings. The summed E-state index contributed by atoms with van der Waals surface area (Å²) in [6.45, 7) is 1.14. The number of carbonyl (C=O) groups is 2. The summed E-state index contributed by atoms with van der Waals surface area (Å²) >= 11 is 0. The summed E-state index contributed by atoms with van der Waals surface area (Å²) in [5.41, 5.74) is 0. The molecular formula is C4H6O5. The van der Waals surface area contributed by atoms with Crippen molar-refractivity contribution < 1.29 is 24.5 Å². The van der Waals surface area contributed by atoms with E-state index in [1.165, 1.54) is 0 Å². The second kappa shape index (κ2) is 2.91. The molecule has 0 aliphatic rings. The van der Waals surface area contributed by atoms with Crippen molar-refractivity contribution in [1.82, 2.24) is 0 Å². The van der Waals surface area contributed by atoms with Crippen molar-refractivity contribution in [3.63, 3.8) is 0 Å². The average Bonchev–Trinajstić information content (AvgIpc) is 1.63. The second-order valence-electron chi connectivity index (χ2n) is 1.36. The van der Waals surface area contributed by atoms with Crippen molar-refractivity contribution in [2.24, 2.45) is 0 Å². The van der Waals surface area contributed by atoms with Gasteiger partial charge in [0.05, 0.1) is 0 Å². The Labute approximate surface area is 50.9 Å². The van der Waals surface area contributed by atoms with Gasteiger partial charge in [-0.15, -0.1) is 0 Å². The number of rotatable bonds is 2. The van der Waals surface area contributed by atoms with Gasteiger partial charge in [0.15, 0.2) is 6.10 Å². The summed E-state index contributed by atoms with van der Waals surface area (Å²) in [7, 11) is 0. The zero-order valence-corrected chi connectivity index (χ0v) is 4.70. The van der Waals surface area contributed by atoms with Gasteiger partial charge in [-0.2, -0.15) is 0 Å². The van der Waals surface area contributed by atoms with Crippen LogP contribution in [0.2, 0.25) is 0 Å². The third-order valence-electron chi connectivity index (χ3n) is 0.625. The summed E-state index contributed by atoms with van der Waals surface area (Å²) < 4.78 is 3.83. The summed E-state index contributed by atoms with van der Waals surface area (Å²) in [6, 6.07) is 0. The van der Waals surface area contributed by atoms with Crippen LogP contribution >= 0.6 is 0 Å². The second-order valence-corrected chi connectivity index (χ2v) is 1.36. The maximum absolute atomic E-state index is 9.85. The Kier molecular flexibility index (Phi) is 2.50. The smallest absolute Gasteiger partial charge is 0.479 e. The van der Waals surface area contributed by atoms with Gasteiger partial charge in [0, 0.05) is 0 Å². The van der Waals surface area contributed by atoms with Gasteiger partial charge >= 0.3 is 12.1 Å². The number of ether oxygens (including phenoxy) is 1. The van der Waals surface area contributed by atoms with E-state index in [2.05, 4.69) is 4.74 Å². The molecule has 0 amide bonds. The number of hydrogen-bond donors (Lipinski definition) is 2. The monoisotopic (exact) mass is 134 g/mol. The lowest BCUT2D eigenvalue weighted by Gasteiger charge is -2.02. The first-order valence-electron chi connectivity index (χ1n) is 2.16. The zero-order valence-electron chi connectivity index (χ0n) is 4.70. The molecule has 0 radical (unpaired) electrons. The number of aliphatic carboxylic acids is 1. The van der Waals surface area contributed by atoms with E-state index in [0.29, 0.717) is 0 Å². The van der Waals surface area contributed by atoms with E-state index in [9.17, 15) is 9.59 Å². The standard InChI is InChI=1S/C4H6O5/c1-2(3(5)6)9-4(7)8/h2H,1H3,(H,5,6)(H,7,8). The lowest BCUT2D eigenvalue weighted by molar-refractivity contribution is -0.146. The van der Waals surface area contributed by atoms with Gasteiger partial charge in [0.25, 0.3) is 0 Å². The highest BCUT2D eigenvalue weighted by Crippen LogP contribution is 1.89. The molecule has 0 heterocycles. The molecule has 5 nitrogen and oxygen atoms in total. The number of carboxylic acids is 1. The molecular weight excluding hydrogens is 128 g/mol. The van der Waals surface area contributed by atoms with Crippen LogP contribution in [0.4, 0.5) is 4.79 Å². The Morgan fingerprint density at radius 2 is 1.89 bits per heavy atom. The van der Waals surface area contributed by atoms with Crippen molar-refractivity contribution in [3.8, 4) is 0 Å². The largest absolute Gasteiger partial charge is 0.506 e. The van der Waals surface area contributed by atoms with Crippen LogP contribution in [-0.2, 0) is 9.53 Å². The quantitative estimate of drug-likeness (QED) is 0.525. The van der Waals surface area contributed by atoms with Gasteiger partial charge in [-0.1, -0.05) is 0 Å². The van der Waals surface area contributed by atoms with E-state index in [1.54, 1.807) is 0 Å². The van der Waals surface area contributed by atoms with Crippen LogP contribution in [0.15, 0.2) is 0 Å². The lowest BCUT2D eigenvalue weighted by atomic mass is 10.4. The SMILES string of the molecule is CC(OC(=O)O)C(=O)O. The minimum Gasteiger partial charge on any atom is -0.479 e. The van der Waals surface area contributed by atoms with E-state index >= 15 is 0 Å². The van der Waals surface area contributed by atoms with Gasteiger partial charge in [-0.3, -0.25) is 0 Å². The van der Waals surface area contributed by atoms with Crippen molar-refractivity contribution >= 4 is 12.1 Å². The highest BCUT2D eigenvalue weighted by molar-refractivity contribution is 5.74. The van der Waals surface area contributed by atoms with Crippen LogP contribution < -0.4 is 0 Å². The van der Waals surface area contributed by atoms with E-state index in [4.69, 9.17) is 10.2 Å². The lowest BCUT2D eigenvalue weighted by Crippen LogP contribution is -2.22. The third kappa shape index (κ3) is 3.33. The maximum atomic E-state index is 9.85. The van der Waals surface area contributed by atoms with Gasteiger partial charge in [0.1, 0.15) is 0 Å². The first-order valence-corrected chi connectivity index (χ1v) is 2.16. The minimum atomic E-state index is -1.58. The Bertz CT molecular complexity index is 129. The molecule has 0 bridgehead atoms. The normalized spacial score (nSPS) is 12.1. The van der Waals surface area contributed by atoms with E-state index in [0.717, 1.165) is 6.92 Å². The average molecular weight is 134 g/mol. The zero-order chi connectivity index (χ0) is 7.44. The Morgan fingerprint density at radius 1 is 1.44 bits per heavy atom. The molecule has 5 heteroatoms. The Hall–Kier alpha value is -1.26. The van der Waals surface area contributed by atoms with Crippen molar-refractivity contribution in [3.05, 3.63) is 0 Å². The molecule has 0 aliphatic heterocycles. The predicted octanol–water partition coefficient (Wildman–Crippen LogP) is 0.154. The fourth-order valence-corrected chi connectivity index (χ4v) is 0.202. The van der Waals surface area contributed by atoms with E-state index < -0.39 is 18.2 Å². The highest BCUT2D eigenvalue weighted by atomic mass is 16.7. The Morgan fingerprint density at radius 3 is 2.00 bits per heavy atom. The molecule has 1 unspecified atom stereocenters. The summed E-state index contributed by atoms with van der Waals surface area (Å²) in [4.78, 5) is 19.5. The summed E-state index contributed by atoms with van der Waals surface area (Å²) in [5, 5.41) is 15.9. The van der Waals surface area contributed by atoms with Crippen LogP contribution in [0.1, 0.15) is 6.92 Å². The third-order valence-corrected chi connectivity index (χ3v) is 0.625. The minimum absolute atomic E-state index is 1.14. The fraction of sp³-hybridized carbons (Fsp3) is 0.500. The summed E-state index contributed by atoms with van der Waals surface area (Å²) in [6.07, 6.45) is -2.87. The molecule has 52 valence electrons. The first-order chi connectivity index (χ1) is 4.04. The molecule has 0 aromatic heterocycles. The van der Waals surface area contributed by atoms with Gasteiger partial charge in [-0.05, 0) is 6.92 Å². The van der Waals surface area contributed by atoms with Crippen LogP contribution in [0, 0.1) is 0 Å². The van der Waals surface area contributed by atoms with Gasteiger partial charge in [0.2, 0.25) is 0 Å². The van der Waals surface area contributed by atoms with E-state index in [1.807, 2.05) is 0 Å². The number of hydrogen-bond acceptors (Lipinski definition) is 3. The van der Waals surface area contributed by atoms with Gasteiger partial charge in [-0.25, -0.2) is 9.59 Å². The highest BCUT2D eigenvalue weighted by Gasteiger charge is 2.14. The van der Waals surface area contributed by atoms with Crippen LogP contribution in [0.25, 0.3) is 0 Å². The van der Waals surface area contributed by atoms with Crippen LogP contribution in [0.5, 0.6) is 0 Å². The van der Waals surface area contributed by atoms with Crippen molar-refractivity contribution in [2.45, 2.75) is 13.0 Å². The molecule has 0 aromatic rings. The Balaban J connectivity index is 3.63. The summed E-state index contributed by atoms with van der Waals surface area (Å²) in [5.74, 6) is -1.29. The molecule has 0 saturated heterocycles. The van der Waals surface area contributed by atoms with E-state index in [-0.39, 0.29) is 0 Å². The molecule has 0 aliphatic carbocycles. The molecule has 0 rings (SSSR count). The molecule has 2 N–H and O–H groups in total. The molecule has 0 spiro atoms. The predicted molar refractivity (Wildman–Crippen MR) is 26.2 cm³/mol. The molecule has 1 atom stereocenters. The van der Waals surface area contributed by atoms with Crippen LogP contribution in [0.3, 0.4) is 0 Å². The first kappa shape index (κ1) is 7.74. The fourth-order valence-electron chi connectivity index (χ4n) is 0.202. The molecule has 0 saturated carbocycles. The molecule has 9 heavy (non-hydrogen) atoms. The topological polar surface area (TPSA) is 83.8 Å². The molecule has 0 aromatic carbocycles.